The minimum absolute atomic E-state index is 0.256. The van der Waals surface area contributed by atoms with Gasteiger partial charge < -0.3 is 5.11 Å². The van der Waals surface area contributed by atoms with E-state index < -0.39 is 11.5 Å². The van der Waals surface area contributed by atoms with Crippen LogP contribution < -0.4 is 0 Å². The summed E-state index contributed by atoms with van der Waals surface area (Å²) in [6.45, 7) is 2.09. The molecule has 18 heavy (non-hydrogen) atoms. The second-order valence-electron chi connectivity index (χ2n) is 5.35. The maximum atomic E-state index is 12.4. The third-order valence-corrected chi connectivity index (χ3v) is 4.20. The van der Waals surface area contributed by atoms with Gasteiger partial charge in [-0.25, -0.2) is 0 Å². The van der Waals surface area contributed by atoms with Crippen LogP contribution in [0.2, 0.25) is 0 Å². The summed E-state index contributed by atoms with van der Waals surface area (Å²) in [6.07, 6.45) is 4.68. The first-order valence-electron chi connectivity index (χ1n) is 6.97. The molecule has 1 atom stereocenters. The SMILES string of the molecule is CCCCC(=O)C1(C(O)c2ccccc2)CCC1. The lowest BCUT2D eigenvalue weighted by atomic mass is 9.60. The topological polar surface area (TPSA) is 37.3 Å². The minimum Gasteiger partial charge on any atom is -0.387 e. The molecule has 1 fully saturated rings. The van der Waals surface area contributed by atoms with Crippen molar-refractivity contribution < 1.29 is 9.90 Å². The zero-order valence-electron chi connectivity index (χ0n) is 11.1. The average Bonchev–Trinajstić information content (AvgIpc) is 2.36. The van der Waals surface area contributed by atoms with Crippen LogP contribution >= 0.6 is 0 Å². The summed E-state index contributed by atoms with van der Waals surface area (Å²) in [5.74, 6) is 0.256. The Morgan fingerprint density at radius 1 is 1.33 bits per heavy atom. The highest BCUT2D eigenvalue weighted by Gasteiger charge is 2.49. The van der Waals surface area contributed by atoms with Crippen molar-refractivity contribution >= 4 is 5.78 Å². The molecule has 0 bridgehead atoms. The molecule has 2 rings (SSSR count). The van der Waals surface area contributed by atoms with Crippen LogP contribution in [0.1, 0.15) is 57.1 Å². The van der Waals surface area contributed by atoms with Crippen molar-refractivity contribution in [3.8, 4) is 0 Å². The summed E-state index contributed by atoms with van der Waals surface area (Å²) >= 11 is 0. The van der Waals surface area contributed by atoms with Gasteiger partial charge >= 0.3 is 0 Å². The number of carbonyl (C=O) groups excluding carboxylic acids is 1. The standard InChI is InChI=1S/C16H22O2/c1-2-3-10-14(17)16(11-7-12-16)15(18)13-8-5-4-6-9-13/h4-6,8-9,15,18H,2-3,7,10-12H2,1H3. The number of aliphatic hydroxyl groups excluding tert-OH is 1. The molecule has 1 saturated carbocycles. The lowest BCUT2D eigenvalue weighted by Crippen LogP contribution is -2.43. The Morgan fingerprint density at radius 2 is 2.00 bits per heavy atom. The van der Waals surface area contributed by atoms with Crippen LogP contribution in [0.15, 0.2) is 30.3 Å². The molecule has 0 saturated heterocycles. The minimum atomic E-state index is -0.628. The fourth-order valence-corrected chi connectivity index (χ4v) is 2.80. The fraction of sp³-hybridized carbons (Fsp3) is 0.562. The van der Waals surface area contributed by atoms with Crippen molar-refractivity contribution in [2.45, 2.75) is 51.6 Å². The Bertz CT molecular complexity index is 393. The Hall–Kier alpha value is -1.15. The van der Waals surface area contributed by atoms with Gasteiger partial charge in [0.15, 0.2) is 0 Å². The predicted molar refractivity (Wildman–Crippen MR) is 72.2 cm³/mol. The summed E-state index contributed by atoms with van der Waals surface area (Å²) in [5, 5.41) is 10.5. The van der Waals surface area contributed by atoms with E-state index in [0.717, 1.165) is 37.7 Å². The highest BCUT2D eigenvalue weighted by atomic mass is 16.3. The fourth-order valence-electron chi connectivity index (χ4n) is 2.80. The van der Waals surface area contributed by atoms with Gasteiger partial charge in [-0.15, -0.1) is 0 Å². The van der Waals surface area contributed by atoms with Crippen molar-refractivity contribution in [3.05, 3.63) is 35.9 Å². The molecule has 0 radical (unpaired) electrons. The number of ketones is 1. The van der Waals surface area contributed by atoms with Crippen molar-refractivity contribution in [1.29, 1.82) is 0 Å². The van der Waals surface area contributed by atoms with Crippen LogP contribution in [-0.2, 0) is 4.79 Å². The highest BCUT2D eigenvalue weighted by Crippen LogP contribution is 2.51. The van der Waals surface area contributed by atoms with Crippen LogP contribution in [0.5, 0.6) is 0 Å². The summed E-state index contributed by atoms with van der Waals surface area (Å²) in [7, 11) is 0. The van der Waals surface area contributed by atoms with E-state index >= 15 is 0 Å². The Labute approximate surface area is 109 Å². The molecule has 0 aliphatic heterocycles. The highest BCUT2D eigenvalue weighted by molar-refractivity contribution is 5.86. The van der Waals surface area contributed by atoms with Crippen LogP contribution in [0, 0.1) is 5.41 Å². The van der Waals surface area contributed by atoms with Crippen molar-refractivity contribution in [1.82, 2.24) is 0 Å². The van der Waals surface area contributed by atoms with E-state index in [-0.39, 0.29) is 5.78 Å². The van der Waals surface area contributed by atoms with Gasteiger partial charge in [0, 0.05) is 6.42 Å². The summed E-state index contributed by atoms with van der Waals surface area (Å²) in [5.41, 5.74) is 0.387. The van der Waals surface area contributed by atoms with E-state index in [9.17, 15) is 9.90 Å². The number of hydrogen-bond donors (Lipinski definition) is 1. The number of benzene rings is 1. The van der Waals surface area contributed by atoms with Crippen LogP contribution in [0.3, 0.4) is 0 Å². The van der Waals surface area contributed by atoms with E-state index in [1.807, 2.05) is 30.3 Å². The number of unbranched alkanes of at least 4 members (excludes halogenated alkanes) is 1. The Kier molecular flexibility index (Phi) is 4.18. The van der Waals surface area contributed by atoms with E-state index in [1.54, 1.807) is 0 Å². The second-order valence-corrected chi connectivity index (χ2v) is 5.35. The van der Waals surface area contributed by atoms with Gasteiger partial charge in [0.1, 0.15) is 5.78 Å². The lowest BCUT2D eigenvalue weighted by molar-refractivity contribution is -0.145. The van der Waals surface area contributed by atoms with Crippen molar-refractivity contribution in [2.75, 3.05) is 0 Å². The lowest BCUT2D eigenvalue weighted by Gasteiger charge is -2.44. The Morgan fingerprint density at radius 3 is 2.50 bits per heavy atom. The molecule has 0 spiro atoms. The normalized spacial score (nSPS) is 19.0. The largest absolute Gasteiger partial charge is 0.387 e. The average molecular weight is 246 g/mol. The first kappa shape index (κ1) is 13.3. The zero-order valence-corrected chi connectivity index (χ0v) is 11.1. The van der Waals surface area contributed by atoms with Gasteiger partial charge in [0.2, 0.25) is 0 Å². The molecule has 1 aliphatic rings. The maximum Gasteiger partial charge on any atom is 0.141 e. The molecule has 1 unspecified atom stereocenters. The molecule has 98 valence electrons. The van der Waals surface area contributed by atoms with Gasteiger partial charge in [-0.05, 0) is 24.8 Å². The third-order valence-electron chi connectivity index (χ3n) is 4.20. The maximum absolute atomic E-state index is 12.4. The number of rotatable bonds is 6. The first-order chi connectivity index (χ1) is 8.70. The van der Waals surface area contributed by atoms with Crippen molar-refractivity contribution in [2.24, 2.45) is 5.41 Å². The third kappa shape index (κ3) is 2.35. The molecule has 1 aromatic rings. The second kappa shape index (κ2) is 5.66. The van der Waals surface area contributed by atoms with Gasteiger partial charge in [-0.2, -0.15) is 0 Å². The van der Waals surface area contributed by atoms with Crippen LogP contribution in [-0.4, -0.2) is 10.9 Å². The van der Waals surface area contributed by atoms with Gasteiger partial charge in [0.05, 0.1) is 11.5 Å². The molecule has 0 heterocycles. The zero-order chi connectivity index (χ0) is 13.0. The van der Waals surface area contributed by atoms with E-state index in [2.05, 4.69) is 6.92 Å². The Balaban J connectivity index is 2.14. The van der Waals surface area contributed by atoms with E-state index in [4.69, 9.17) is 0 Å². The molecule has 1 N–H and O–H groups in total. The first-order valence-corrected chi connectivity index (χ1v) is 6.97. The number of carbonyl (C=O) groups is 1. The quantitative estimate of drug-likeness (QED) is 0.832. The molecule has 0 aromatic heterocycles. The summed E-state index contributed by atoms with van der Waals surface area (Å²) < 4.78 is 0. The molecule has 2 nitrogen and oxygen atoms in total. The number of Topliss-reactive ketones (excluding diaryl/α,β-unsaturated/α-hetero) is 1. The van der Waals surface area contributed by atoms with Gasteiger partial charge in [-0.3, -0.25) is 4.79 Å². The molecular weight excluding hydrogens is 224 g/mol. The van der Waals surface area contributed by atoms with E-state index in [1.165, 1.54) is 0 Å². The van der Waals surface area contributed by atoms with E-state index in [0.29, 0.717) is 6.42 Å². The molecule has 2 heteroatoms. The summed E-state index contributed by atoms with van der Waals surface area (Å²) in [6, 6.07) is 9.60. The molecule has 1 aromatic carbocycles. The van der Waals surface area contributed by atoms with Crippen molar-refractivity contribution in [3.63, 3.8) is 0 Å². The van der Waals surface area contributed by atoms with Crippen LogP contribution in [0.25, 0.3) is 0 Å². The molecule has 1 aliphatic carbocycles. The van der Waals surface area contributed by atoms with Gasteiger partial charge in [-0.1, -0.05) is 50.1 Å². The predicted octanol–water partition coefficient (Wildman–Crippen LogP) is 3.65. The molecule has 0 amide bonds. The van der Waals surface area contributed by atoms with Gasteiger partial charge in [0.25, 0.3) is 0 Å². The number of aliphatic hydroxyl groups is 1. The monoisotopic (exact) mass is 246 g/mol. The summed E-state index contributed by atoms with van der Waals surface area (Å²) in [4.78, 5) is 12.4. The van der Waals surface area contributed by atoms with Crippen LogP contribution in [0.4, 0.5) is 0 Å². The molecular formula is C16H22O2. The number of hydrogen-bond acceptors (Lipinski definition) is 2. The smallest absolute Gasteiger partial charge is 0.141 e.